The van der Waals surface area contributed by atoms with Crippen molar-refractivity contribution in [3.63, 3.8) is 0 Å². The Morgan fingerprint density at radius 3 is 2.62 bits per heavy atom. The summed E-state index contributed by atoms with van der Waals surface area (Å²) in [4.78, 5) is 13.4. The summed E-state index contributed by atoms with van der Waals surface area (Å²) in [6, 6.07) is 3.71. The number of carboxylic acids is 1. The van der Waals surface area contributed by atoms with Gasteiger partial charge in [0.15, 0.2) is 0 Å². The van der Waals surface area contributed by atoms with Gasteiger partial charge in [0.1, 0.15) is 5.75 Å². The quantitative estimate of drug-likeness (QED) is 0.776. The van der Waals surface area contributed by atoms with E-state index in [-0.39, 0.29) is 5.56 Å². The number of aromatic carboxylic acids is 1. The molecule has 1 aliphatic heterocycles. The van der Waals surface area contributed by atoms with E-state index in [2.05, 4.69) is 43.8 Å². The second-order valence-electron chi connectivity index (χ2n) is 5.34. The molecule has 1 saturated heterocycles. The lowest BCUT2D eigenvalue weighted by Gasteiger charge is -2.32. The fraction of sp³-hybridized carbons (Fsp3) is 0.533. The molecule has 1 unspecified atom stereocenters. The van der Waals surface area contributed by atoms with Crippen LogP contribution in [0.3, 0.4) is 0 Å². The highest BCUT2D eigenvalue weighted by Crippen LogP contribution is 2.35. The number of carbonyl (C=O) groups is 1. The molecule has 1 aromatic carbocycles. The van der Waals surface area contributed by atoms with Crippen LogP contribution in [0.25, 0.3) is 0 Å². The van der Waals surface area contributed by atoms with E-state index < -0.39 is 5.97 Å². The standard InChI is InChI=1S/C15H19Br2NO3/c1-18-6-3-2-4-11(18)5-7-21-14-12(16)8-10(15(19)20)9-13(14)17/h8-9,11H,2-7H2,1H3,(H,19,20). The number of nitrogens with zero attached hydrogens (tertiary/aromatic N) is 1. The first-order valence-corrected chi connectivity index (χ1v) is 8.63. The Hall–Kier alpha value is -0.590. The van der Waals surface area contributed by atoms with E-state index in [1.807, 2.05) is 0 Å². The third kappa shape index (κ3) is 4.44. The summed E-state index contributed by atoms with van der Waals surface area (Å²) in [6.07, 6.45) is 4.77. The van der Waals surface area contributed by atoms with Crippen molar-refractivity contribution in [2.45, 2.75) is 31.7 Å². The zero-order valence-electron chi connectivity index (χ0n) is 11.9. The number of rotatable bonds is 5. The Kier molecular flexibility index (Phi) is 6.08. The first-order valence-electron chi connectivity index (χ1n) is 7.04. The van der Waals surface area contributed by atoms with E-state index in [0.717, 1.165) is 13.0 Å². The van der Waals surface area contributed by atoms with E-state index >= 15 is 0 Å². The van der Waals surface area contributed by atoms with Gasteiger partial charge in [-0.25, -0.2) is 4.79 Å². The molecule has 1 heterocycles. The fourth-order valence-electron chi connectivity index (χ4n) is 2.63. The van der Waals surface area contributed by atoms with Crippen molar-refractivity contribution in [3.8, 4) is 5.75 Å². The smallest absolute Gasteiger partial charge is 0.335 e. The molecule has 1 aromatic rings. The van der Waals surface area contributed by atoms with Gasteiger partial charge in [-0.15, -0.1) is 0 Å². The minimum absolute atomic E-state index is 0.230. The number of likely N-dealkylation sites (tertiary alicyclic amines) is 1. The Balaban J connectivity index is 1.95. The molecule has 6 heteroatoms. The van der Waals surface area contributed by atoms with E-state index in [0.29, 0.717) is 27.3 Å². The summed E-state index contributed by atoms with van der Waals surface area (Å²) in [7, 11) is 2.16. The zero-order chi connectivity index (χ0) is 15.4. The predicted molar refractivity (Wildman–Crippen MR) is 89.2 cm³/mol. The summed E-state index contributed by atoms with van der Waals surface area (Å²) in [5.41, 5.74) is 0.230. The van der Waals surface area contributed by atoms with Crippen LogP contribution in [0.5, 0.6) is 5.75 Å². The second-order valence-corrected chi connectivity index (χ2v) is 7.05. The molecule has 0 amide bonds. The van der Waals surface area contributed by atoms with Gasteiger partial charge < -0.3 is 14.7 Å². The topological polar surface area (TPSA) is 49.8 Å². The van der Waals surface area contributed by atoms with Gasteiger partial charge in [-0.05, 0) is 76.8 Å². The Morgan fingerprint density at radius 1 is 1.38 bits per heavy atom. The van der Waals surface area contributed by atoms with Crippen LogP contribution in [0.1, 0.15) is 36.0 Å². The first kappa shape index (κ1) is 16.8. The largest absolute Gasteiger partial charge is 0.491 e. The summed E-state index contributed by atoms with van der Waals surface area (Å²) in [5, 5.41) is 9.01. The van der Waals surface area contributed by atoms with Crippen LogP contribution in [-0.4, -0.2) is 42.2 Å². The number of ether oxygens (including phenoxy) is 1. The Morgan fingerprint density at radius 2 is 2.05 bits per heavy atom. The molecule has 116 valence electrons. The summed E-state index contributed by atoms with van der Waals surface area (Å²) in [6.45, 7) is 1.78. The number of halogens is 2. The molecular formula is C15H19Br2NO3. The van der Waals surface area contributed by atoms with Crippen LogP contribution in [-0.2, 0) is 0 Å². The van der Waals surface area contributed by atoms with Crippen molar-refractivity contribution >= 4 is 37.8 Å². The molecule has 0 aliphatic carbocycles. The summed E-state index contributed by atoms with van der Waals surface area (Å²) >= 11 is 6.75. The molecule has 0 spiro atoms. The van der Waals surface area contributed by atoms with Gasteiger partial charge in [0.25, 0.3) is 0 Å². The third-order valence-electron chi connectivity index (χ3n) is 3.86. The van der Waals surface area contributed by atoms with E-state index in [9.17, 15) is 4.79 Å². The molecule has 0 aromatic heterocycles. The lowest BCUT2D eigenvalue weighted by atomic mass is 10.0. The highest BCUT2D eigenvalue weighted by molar-refractivity contribution is 9.11. The number of hydrogen-bond donors (Lipinski definition) is 1. The number of benzene rings is 1. The maximum Gasteiger partial charge on any atom is 0.335 e. The minimum atomic E-state index is -0.952. The molecule has 1 aliphatic rings. The van der Waals surface area contributed by atoms with Gasteiger partial charge in [-0.2, -0.15) is 0 Å². The van der Waals surface area contributed by atoms with Crippen molar-refractivity contribution in [2.75, 3.05) is 20.2 Å². The van der Waals surface area contributed by atoms with E-state index in [1.165, 1.54) is 19.3 Å². The normalized spacial score (nSPS) is 19.5. The maximum absolute atomic E-state index is 11.0. The zero-order valence-corrected chi connectivity index (χ0v) is 15.1. The highest BCUT2D eigenvalue weighted by Gasteiger charge is 2.19. The lowest BCUT2D eigenvalue weighted by molar-refractivity contribution is 0.0696. The molecule has 2 rings (SSSR count). The minimum Gasteiger partial charge on any atom is -0.491 e. The predicted octanol–water partition coefficient (Wildman–Crippen LogP) is 4.16. The van der Waals surface area contributed by atoms with E-state index in [4.69, 9.17) is 9.84 Å². The van der Waals surface area contributed by atoms with Gasteiger partial charge in [0, 0.05) is 6.04 Å². The average molecular weight is 421 g/mol. The number of hydrogen-bond acceptors (Lipinski definition) is 3. The lowest BCUT2D eigenvalue weighted by Crippen LogP contribution is -2.37. The van der Waals surface area contributed by atoms with Crippen LogP contribution in [0.2, 0.25) is 0 Å². The van der Waals surface area contributed by atoms with Crippen molar-refractivity contribution < 1.29 is 14.6 Å². The monoisotopic (exact) mass is 419 g/mol. The molecule has 1 fully saturated rings. The van der Waals surface area contributed by atoms with Crippen LogP contribution < -0.4 is 4.74 Å². The number of piperidine rings is 1. The molecule has 0 radical (unpaired) electrons. The van der Waals surface area contributed by atoms with Crippen LogP contribution in [0.4, 0.5) is 0 Å². The van der Waals surface area contributed by atoms with Crippen molar-refractivity contribution in [1.82, 2.24) is 4.90 Å². The van der Waals surface area contributed by atoms with Gasteiger partial charge in [-0.3, -0.25) is 0 Å². The van der Waals surface area contributed by atoms with Crippen LogP contribution >= 0.6 is 31.9 Å². The second kappa shape index (κ2) is 7.61. The van der Waals surface area contributed by atoms with Crippen molar-refractivity contribution in [2.24, 2.45) is 0 Å². The first-order chi connectivity index (χ1) is 9.99. The third-order valence-corrected chi connectivity index (χ3v) is 5.04. The highest BCUT2D eigenvalue weighted by atomic mass is 79.9. The van der Waals surface area contributed by atoms with Gasteiger partial charge in [0.2, 0.25) is 0 Å². The van der Waals surface area contributed by atoms with Crippen LogP contribution in [0, 0.1) is 0 Å². The maximum atomic E-state index is 11.0. The molecule has 0 bridgehead atoms. The summed E-state index contributed by atoms with van der Waals surface area (Å²) < 4.78 is 7.16. The number of carboxylic acid groups (broad SMARTS) is 1. The van der Waals surface area contributed by atoms with Crippen LogP contribution in [0.15, 0.2) is 21.1 Å². The van der Waals surface area contributed by atoms with Gasteiger partial charge >= 0.3 is 5.97 Å². The van der Waals surface area contributed by atoms with Crippen molar-refractivity contribution in [3.05, 3.63) is 26.6 Å². The van der Waals surface area contributed by atoms with Crippen molar-refractivity contribution in [1.29, 1.82) is 0 Å². The molecular weight excluding hydrogens is 402 g/mol. The van der Waals surface area contributed by atoms with Gasteiger partial charge in [-0.1, -0.05) is 6.42 Å². The molecule has 4 nitrogen and oxygen atoms in total. The molecule has 21 heavy (non-hydrogen) atoms. The Labute approximate surface area is 141 Å². The van der Waals surface area contributed by atoms with Gasteiger partial charge in [0.05, 0.1) is 21.1 Å². The Bertz CT molecular complexity index is 499. The fourth-order valence-corrected chi connectivity index (χ4v) is 4.04. The SMILES string of the molecule is CN1CCCCC1CCOc1c(Br)cc(C(=O)O)cc1Br. The average Bonchev–Trinajstić information content (AvgIpc) is 2.43. The molecule has 0 saturated carbocycles. The summed E-state index contributed by atoms with van der Waals surface area (Å²) in [5.74, 6) is -0.287. The molecule has 1 N–H and O–H groups in total. The van der Waals surface area contributed by atoms with E-state index in [1.54, 1.807) is 12.1 Å². The molecule has 1 atom stereocenters.